The number of ether oxygens (including phenoxy) is 1. The number of sulfonamides is 1. The van der Waals surface area contributed by atoms with Crippen LogP contribution in [0.2, 0.25) is 0 Å². The van der Waals surface area contributed by atoms with Crippen LogP contribution in [0.3, 0.4) is 0 Å². The summed E-state index contributed by atoms with van der Waals surface area (Å²) in [6.07, 6.45) is 1.85. The zero-order chi connectivity index (χ0) is 14.8. The first kappa shape index (κ1) is 18.2. The molecule has 1 aliphatic heterocycles. The second-order valence-corrected chi connectivity index (χ2v) is 6.93. The maximum absolute atomic E-state index is 12.5. The third-order valence-corrected chi connectivity index (χ3v) is 5.39. The van der Waals surface area contributed by atoms with Gasteiger partial charge in [-0.15, -0.1) is 12.4 Å². The second-order valence-electron chi connectivity index (χ2n) is 5.24. The summed E-state index contributed by atoms with van der Waals surface area (Å²) in [5.41, 5.74) is 0.688. The quantitative estimate of drug-likeness (QED) is 0.881. The molecule has 0 radical (unpaired) electrons. The van der Waals surface area contributed by atoms with Gasteiger partial charge in [-0.05, 0) is 57.0 Å². The lowest BCUT2D eigenvalue weighted by atomic mass is 10.0. The Balaban J connectivity index is 0.00000220. The number of benzene rings is 1. The Labute approximate surface area is 132 Å². The summed E-state index contributed by atoms with van der Waals surface area (Å²) < 4.78 is 32.9. The Hall–Kier alpha value is -0.820. The van der Waals surface area contributed by atoms with Crippen molar-refractivity contribution in [2.75, 3.05) is 13.7 Å². The van der Waals surface area contributed by atoms with Crippen molar-refractivity contribution < 1.29 is 13.2 Å². The van der Waals surface area contributed by atoms with E-state index in [2.05, 4.69) is 10.0 Å². The highest BCUT2D eigenvalue weighted by Crippen LogP contribution is 2.22. The molecule has 0 amide bonds. The predicted octanol–water partition coefficient (Wildman–Crippen LogP) is 1.84. The van der Waals surface area contributed by atoms with Crippen molar-refractivity contribution in [3.63, 3.8) is 0 Å². The predicted molar refractivity (Wildman–Crippen MR) is 85.8 cm³/mol. The van der Waals surface area contributed by atoms with Gasteiger partial charge in [0.05, 0.1) is 12.0 Å². The fourth-order valence-corrected chi connectivity index (χ4v) is 4.10. The number of piperidine rings is 1. The van der Waals surface area contributed by atoms with Crippen LogP contribution in [0.15, 0.2) is 23.1 Å². The molecule has 0 aromatic heterocycles. The fourth-order valence-electron chi connectivity index (χ4n) is 2.52. The minimum atomic E-state index is -3.49. The molecule has 0 saturated carbocycles. The van der Waals surface area contributed by atoms with E-state index in [0.717, 1.165) is 19.4 Å². The SMILES string of the molecule is COc1ccc(S(=O)(=O)NC2CCCNC2C)c(C)c1.Cl. The van der Waals surface area contributed by atoms with Crippen LogP contribution in [0.5, 0.6) is 5.75 Å². The Bertz CT molecular complexity index is 578. The van der Waals surface area contributed by atoms with Gasteiger partial charge in [0.15, 0.2) is 0 Å². The first-order valence-corrected chi connectivity index (χ1v) is 8.32. The second kappa shape index (κ2) is 7.45. The Morgan fingerprint density at radius 1 is 1.38 bits per heavy atom. The van der Waals surface area contributed by atoms with Crippen LogP contribution < -0.4 is 14.8 Å². The molecule has 1 heterocycles. The standard InChI is InChI=1S/C14H22N2O3S.ClH/c1-10-9-12(19-3)6-7-14(10)20(17,18)16-13-5-4-8-15-11(13)2;/h6-7,9,11,13,15-16H,4-5,8H2,1-3H3;1H. The first-order valence-electron chi connectivity index (χ1n) is 6.84. The molecule has 5 nitrogen and oxygen atoms in total. The van der Waals surface area contributed by atoms with Gasteiger partial charge >= 0.3 is 0 Å². The van der Waals surface area contributed by atoms with E-state index in [1.807, 2.05) is 6.92 Å². The van der Waals surface area contributed by atoms with Gasteiger partial charge in [0, 0.05) is 12.1 Å². The summed E-state index contributed by atoms with van der Waals surface area (Å²) in [7, 11) is -1.93. The molecule has 1 aromatic carbocycles. The van der Waals surface area contributed by atoms with Gasteiger partial charge in [0.25, 0.3) is 0 Å². The van der Waals surface area contributed by atoms with Crippen LogP contribution >= 0.6 is 12.4 Å². The average molecular weight is 335 g/mol. The number of aryl methyl sites for hydroxylation is 1. The third-order valence-electron chi connectivity index (χ3n) is 3.74. The monoisotopic (exact) mass is 334 g/mol. The van der Waals surface area contributed by atoms with E-state index in [4.69, 9.17) is 4.74 Å². The molecule has 1 saturated heterocycles. The van der Waals surface area contributed by atoms with E-state index in [9.17, 15) is 8.42 Å². The van der Waals surface area contributed by atoms with Gasteiger partial charge in [-0.25, -0.2) is 13.1 Å². The summed E-state index contributed by atoms with van der Waals surface area (Å²) in [6, 6.07) is 5.09. The van der Waals surface area contributed by atoms with E-state index in [-0.39, 0.29) is 24.5 Å². The van der Waals surface area contributed by atoms with Crippen molar-refractivity contribution in [1.82, 2.24) is 10.0 Å². The number of hydrogen-bond acceptors (Lipinski definition) is 4. The lowest BCUT2D eigenvalue weighted by Gasteiger charge is -2.30. The minimum absolute atomic E-state index is 0. The van der Waals surface area contributed by atoms with Crippen LogP contribution in [0.25, 0.3) is 0 Å². The Morgan fingerprint density at radius 2 is 2.10 bits per heavy atom. The van der Waals surface area contributed by atoms with E-state index >= 15 is 0 Å². The molecule has 120 valence electrons. The molecule has 2 rings (SSSR count). The van der Waals surface area contributed by atoms with Crippen LogP contribution in [0.1, 0.15) is 25.3 Å². The molecular formula is C14H23ClN2O3S. The van der Waals surface area contributed by atoms with E-state index in [0.29, 0.717) is 16.2 Å². The molecule has 2 unspecified atom stereocenters. The highest BCUT2D eigenvalue weighted by atomic mass is 35.5. The Kier molecular flexibility index (Phi) is 6.46. The number of halogens is 1. The highest BCUT2D eigenvalue weighted by molar-refractivity contribution is 7.89. The number of nitrogens with one attached hydrogen (secondary N) is 2. The van der Waals surface area contributed by atoms with Crippen LogP contribution in [-0.2, 0) is 10.0 Å². The zero-order valence-corrected chi connectivity index (χ0v) is 14.2. The number of methoxy groups -OCH3 is 1. The van der Waals surface area contributed by atoms with Gasteiger partial charge in [-0.2, -0.15) is 0 Å². The molecule has 1 aromatic rings. The molecule has 1 aliphatic rings. The normalized spacial score (nSPS) is 22.4. The first-order chi connectivity index (χ1) is 9.44. The topological polar surface area (TPSA) is 67.4 Å². The molecule has 0 spiro atoms. The summed E-state index contributed by atoms with van der Waals surface area (Å²) in [5.74, 6) is 0.661. The molecule has 2 atom stereocenters. The van der Waals surface area contributed by atoms with Gasteiger partial charge in [0.2, 0.25) is 10.0 Å². The van der Waals surface area contributed by atoms with Crippen molar-refractivity contribution in [1.29, 1.82) is 0 Å². The smallest absolute Gasteiger partial charge is 0.241 e. The summed E-state index contributed by atoms with van der Waals surface area (Å²) in [4.78, 5) is 0.316. The van der Waals surface area contributed by atoms with Gasteiger partial charge < -0.3 is 10.1 Å². The van der Waals surface area contributed by atoms with Crippen LogP contribution in [0, 0.1) is 6.92 Å². The van der Waals surface area contributed by atoms with Gasteiger partial charge in [-0.1, -0.05) is 0 Å². The molecule has 0 aliphatic carbocycles. The van der Waals surface area contributed by atoms with Crippen molar-refractivity contribution in [2.24, 2.45) is 0 Å². The summed E-state index contributed by atoms with van der Waals surface area (Å²) >= 11 is 0. The minimum Gasteiger partial charge on any atom is -0.497 e. The van der Waals surface area contributed by atoms with E-state index < -0.39 is 10.0 Å². The largest absolute Gasteiger partial charge is 0.497 e. The fraction of sp³-hybridized carbons (Fsp3) is 0.571. The molecular weight excluding hydrogens is 312 g/mol. The van der Waals surface area contributed by atoms with E-state index in [1.165, 1.54) is 0 Å². The van der Waals surface area contributed by atoms with Crippen LogP contribution in [-0.4, -0.2) is 34.2 Å². The summed E-state index contributed by atoms with van der Waals surface area (Å²) in [5, 5.41) is 3.29. The molecule has 21 heavy (non-hydrogen) atoms. The van der Waals surface area contributed by atoms with E-state index in [1.54, 1.807) is 32.2 Å². The zero-order valence-electron chi connectivity index (χ0n) is 12.5. The lowest BCUT2D eigenvalue weighted by molar-refractivity contribution is 0.348. The molecule has 0 bridgehead atoms. The van der Waals surface area contributed by atoms with Gasteiger partial charge in [-0.3, -0.25) is 0 Å². The van der Waals surface area contributed by atoms with Crippen molar-refractivity contribution in [2.45, 2.75) is 43.7 Å². The Morgan fingerprint density at radius 3 is 2.67 bits per heavy atom. The molecule has 1 fully saturated rings. The number of rotatable bonds is 4. The van der Waals surface area contributed by atoms with Crippen LogP contribution in [0.4, 0.5) is 0 Å². The lowest BCUT2D eigenvalue weighted by Crippen LogP contribution is -2.51. The number of hydrogen-bond donors (Lipinski definition) is 2. The average Bonchev–Trinajstić information content (AvgIpc) is 2.40. The highest BCUT2D eigenvalue weighted by Gasteiger charge is 2.27. The summed E-state index contributed by atoms with van der Waals surface area (Å²) in [6.45, 7) is 4.73. The van der Waals surface area contributed by atoms with Gasteiger partial charge in [0.1, 0.15) is 5.75 Å². The van der Waals surface area contributed by atoms with Crippen molar-refractivity contribution >= 4 is 22.4 Å². The maximum atomic E-state index is 12.5. The van der Waals surface area contributed by atoms with Crippen molar-refractivity contribution in [3.8, 4) is 5.75 Å². The van der Waals surface area contributed by atoms with Crippen molar-refractivity contribution in [3.05, 3.63) is 23.8 Å². The third kappa shape index (κ3) is 4.32. The molecule has 7 heteroatoms. The maximum Gasteiger partial charge on any atom is 0.241 e. The molecule has 2 N–H and O–H groups in total.